The summed E-state index contributed by atoms with van der Waals surface area (Å²) in [7, 11) is 1.45. The number of carbonyl (C=O) groups excluding carboxylic acids is 1. The minimum absolute atomic E-state index is 0.0343. The Labute approximate surface area is 116 Å². The quantitative estimate of drug-likeness (QED) is 0.774. The fraction of sp³-hybridized carbons (Fsp3) is 0.462. The Balaban J connectivity index is 3.11. The van der Waals surface area contributed by atoms with Gasteiger partial charge in [0.2, 0.25) is 0 Å². The van der Waals surface area contributed by atoms with Gasteiger partial charge in [0.1, 0.15) is 12.1 Å². The normalized spacial score (nSPS) is 10.3. The molecule has 7 heteroatoms. The van der Waals surface area contributed by atoms with Gasteiger partial charge in [0, 0.05) is 19.3 Å². The van der Waals surface area contributed by atoms with Crippen LogP contribution in [0.5, 0.6) is 0 Å². The zero-order valence-electron chi connectivity index (χ0n) is 11.7. The van der Waals surface area contributed by atoms with Crippen LogP contribution in [0.4, 0.5) is 0 Å². The number of carboxylic acids is 1. The summed E-state index contributed by atoms with van der Waals surface area (Å²) in [6.45, 7) is 3.18. The number of amides is 1. The van der Waals surface area contributed by atoms with E-state index in [2.05, 4.69) is 4.98 Å². The van der Waals surface area contributed by atoms with Gasteiger partial charge in [0.05, 0.1) is 6.61 Å². The van der Waals surface area contributed by atoms with Gasteiger partial charge in [0.15, 0.2) is 0 Å². The van der Waals surface area contributed by atoms with E-state index in [4.69, 9.17) is 9.84 Å². The number of pyridine rings is 1. The number of ether oxygens (including phenoxy) is 1. The number of methoxy groups -OCH3 is 1. The van der Waals surface area contributed by atoms with Crippen LogP contribution in [-0.2, 0) is 9.53 Å². The monoisotopic (exact) mass is 282 g/mol. The molecule has 0 aliphatic rings. The van der Waals surface area contributed by atoms with E-state index in [9.17, 15) is 14.4 Å². The molecule has 110 valence electrons. The molecule has 0 fully saturated rings. The smallest absolute Gasteiger partial charge is 0.323 e. The molecule has 1 aromatic heterocycles. The largest absolute Gasteiger partial charge is 0.480 e. The molecule has 0 bridgehead atoms. The molecule has 0 spiro atoms. The second kappa shape index (κ2) is 6.85. The van der Waals surface area contributed by atoms with Gasteiger partial charge >= 0.3 is 5.97 Å². The van der Waals surface area contributed by atoms with E-state index < -0.39 is 24.0 Å². The molecule has 1 amide bonds. The number of aryl methyl sites for hydroxylation is 2. The van der Waals surface area contributed by atoms with Crippen molar-refractivity contribution >= 4 is 11.9 Å². The number of carboxylic acid groups (broad SMARTS) is 1. The number of H-pyrrole nitrogens is 1. The molecule has 0 atom stereocenters. The summed E-state index contributed by atoms with van der Waals surface area (Å²) in [4.78, 5) is 38.6. The van der Waals surface area contributed by atoms with Crippen molar-refractivity contribution in [2.24, 2.45) is 0 Å². The molecule has 0 radical (unpaired) electrons. The van der Waals surface area contributed by atoms with Gasteiger partial charge in [0.25, 0.3) is 11.5 Å². The number of hydrogen-bond acceptors (Lipinski definition) is 4. The third kappa shape index (κ3) is 3.92. The fourth-order valence-corrected chi connectivity index (χ4v) is 1.89. The second-order valence-corrected chi connectivity index (χ2v) is 4.45. The predicted molar refractivity (Wildman–Crippen MR) is 72.0 cm³/mol. The number of aromatic nitrogens is 1. The Morgan fingerprint density at radius 1 is 1.40 bits per heavy atom. The van der Waals surface area contributed by atoms with E-state index in [1.54, 1.807) is 19.9 Å². The highest BCUT2D eigenvalue weighted by Crippen LogP contribution is 2.07. The van der Waals surface area contributed by atoms with E-state index in [0.29, 0.717) is 11.3 Å². The van der Waals surface area contributed by atoms with Crippen molar-refractivity contribution in [3.63, 3.8) is 0 Å². The summed E-state index contributed by atoms with van der Waals surface area (Å²) >= 11 is 0. The average Bonchev–Trinajstić information content (AvgIpc) is 2.32. The van der Waals surface area contributed by atoms with E-state index in [-0.39, 0.29) is 18.7 Å². The van der Waals surface area contributed by atoms with Gasteiger partial charge in [-0.1, -0.05) is 0 Å². The number of nitrogens with zero attached hydrogens (tertiary/aromatic N) is 1. The molecule has 7 nitrogen and oxygen atoms in total. The highest BCUT2D eigenvalue weighted by Gasteiger charge is 2.22. The zero-order valence-corrected chi connectivity index (χ0v) is 11.7. The number of carbonyl (C=O) groups is 2. The average molecular weight is 282 g/mol. The zero-order chi connectivity index (χ0) is 15.3. The predicted octanol–water partition coefficient (Wildman–Crippen LogP) is 0.165. The van der Waals surface area contributed by atoms with Crippen molar-refractivity contribution in [2.45, 2.75) is 13.8 Å². The van der Waals surface area contributed by atoms with E-state index in [1.807, 2.05) is 0 Å². The molecule has 0 saturated carbocycles. The molecule has 0 aliphatic carbocycles. The van der Waals surface area contributed by atoms with Crippen molar-refractivity contribution in [1.82, 2.24) is 9.88 Å². The minimum Gasteiger partial charge on any atom is -0.480 e. The Kier molecular flexibility index (Phi) is 5.45. The van der Waals surface area contributed by atoms with Gasteiger partial charge in [-0.05, 0) is 25.5 Å². The molecule has 0 aliphatic heterocycles. The van der Waals surface area contributed by atoms with E-state index in [1.165, 1.54) is 7.11 Å². The van der Waals surface area contributed by atoms with Crippen LogP contribution in [0.1, 0.15) is 21.6 Å². The summed E-state index contributed by atoms with van der Waals surface area (Å²) < 4.78 is 4.85. The summed E-state index contributed by atoms with van der Waals surface area (Å²) in [5.74, 6) is -1.75. The molecule has 1 aromatic rings. The first-order chi connectivity index (χ1) is 9.36. The Bertz CT molecular complexity index is 564. The fourth-order valence-electron chi connectivity index (χ4n) is 1.89. The van der Waals surface area contributed by atoms with Crippen LogP contribution in [-0.4, -0.2) is 53.7 Å². The second-order valence-electron chi connectivity index (χ2n) is 4.45. The minimum atomic E-state index is -1.14. The molecule has 0 saturated heterocycles. The highest BCUT2D eigenvalue weighted by atomic mass is 16.5. The number of aromatic amines is 1. The van der Waals surface area contributed by atoms with Crippen LogP contribution in [0.15, 0.2) is 10.9 Å². The van der Waals surface area contributed by atoms with Crippen molar-refractivity contribution in [2.75, 3.05) is 26.8 Å². The van der Waals surface area contributed by atoms with Crippen molar-refractivity contribution in [3.05, 3.63) is 33.2 Å². The lowest BCUT2D eigenvalue weighted by molar-refractivity contribution is -0.137. The van der Waals surface area contributed by atoms with Gasteiger partial charge in [-0.15, -0.1) is 0 Å². The summed E-state index contributed by atoms with van der Waals surface area (Å²) in [6, 6.07) is 1.67. The Hall–Kier alpha value is -2.15. The third-order valence-corrected chi connectivity index (χ3v) is 2.76. The molecule has 1 heterocycles. The maximum Gasteiger partial charge on any atom is 0.323 e. The van der Waals surface area contributed by atoms with Gasteiger partial charge in [-0.25, -0.2) is 0 Å². The standard InChI is InChI=1S/C13H18N2O5/c1-8-6-9(2)14-12(18)11(8)13(19)15(4-5-20-3)7-10(16)17/h6H,4-5,7H2,1-3H3,(H,14,18)(H,16,17). The highest BCUT2D eigenvalue weighted by molar-refractivity contribution is 5.96. The maximum absolute atomic E-state index is 12.3. The topological polar surface area (TPSA) is 99.7 Å². The number of rotatable bonds is 6. The number of nitrogens with one attached hydrogen (secondary N) is 1. The summed E-state index contributed by atoms with van der Waals surface area (Å²) in [5, 5.41) is 8.84. The lowest BCUT2D eigenvalue weighted by Gasteiger charge is -2.20. The molecule has 20 heavy (non-hydrogen) atoms. The first-order valence-corrected chi connectivity index (χ1v) is 6.07. The van der Waals surface area contributed by atoms with Gasteiger partial charge in [-0.2, -0.15) is 0 Å². The van der Waals surface area contributed by atoms with Crippen LogP contribution in [0.2, 0.25) is 0 Å². The number of hydrogen-bond donors (Lipinski definition) is 2. The van der Waals surface area contributed by atoms with Crippen LogP contribution >= 0.6 is 0 Å². The molecule has 0 unspecified atom stereocenters. The molecule has 2 N–H and O–H groups in total. The molecular formula is C13H18N2O5. The van der Waals surface area contributed by atoms with Crippen LogP contribution in [0.3, 0.4) is 0 Å². The summed E-state index contributed by atoms with van der Waals surface area (Å²) in [5.41, 5.74) is 0.614. The number of aliphatic carboxylic acids is 1. The van der Waals surface area contributed by atoms with E-state index >= 15 is 0 Å². The van der Waals surface area contributed by atoms with Gasteiger partial charge < -0.3 is 19.7 Å². The van der Waals surface area contributed by atoms with Crippen LogP contribution < -0.4 is 5.56 Å². The molecule has 0 aromatic carbocycles. The van der Waals surface area contributed by atoms with Crippen molar-refractivity contribution in [1.29, 1.82) is 0 Å². The van der Waals surface area contributed by atoms with Crippen LogP contribution in [0.25, 0.3) is 0 Å². The third-order valence-electron chi connectivity index (χ3n) is 2.76. The Morgan fingerprint density at radius 3 is 2.55 bits per heavy atom. The maximum atomic E-state index is 12.3. The molecular weight excluding hydrogens is 264 g/mol. The van der Waals surface area contributed by atoms with Crippen LogP contribution in [0, 0.1) is 13.8 Å². The van der Waals surface area contributed by atoms with E-state index in [0.717, 1.165) is 4.90 Å². The van der Waals surface area contributed by atoms with Gasteiger partial charge in [-0.3, -0.25) is 14.4 Å². The first-order valence-electron chi connectivity index (χ1n) is 6.07. The SMILES string of the molecule is COCCN(CC(=O)O)C(=O)c1c(C)cc(C)[nH]c1=O. The first kappa shape index (κ1) is 15.9. The molecule has 1 rings (SSSR count). The summed E-state index contributed by atoms with van der Waals surface area (Å²) in [6.07, 6.45) is 0. The van der Waals surface area contributed by atoms with Crippen molar-refractivity contribution in [3.8, 4) is 0 Å². The lowest BCUT2D eigenvalue weighted by Crippen LogP contribution is -2.40. The lowest BCUT2D eigenvalue weighted by atomic mass is 10.1. The van der Waals surface area contributed by atoms with Crippen molar-refractivity contribution < 1.29 is 19.4 Å². The Morgan fingerprint density at radius 2 is 2.05 bits per heavy atom.